The summed E-state index contributed by atoms with van der Waals surface area (Å²) in [6, 6.07) is 11.0. The molecule has 1 aromatic carbocycles. The second kappa shape index (κ2) is 11.1. The lowest BCUT2D eigenvalue weighted by Crippen LogP contribution is -2.50. The predicted octanol–water partition coefficient (Wildman–Crippen LogP) is 3.33. The zero-order chi connectivity index (χ0) is 16.9. The molecule has 1 saturated carbocycles. The van der Waals surface area contributed by atoms with Crippen LogP contribution in [0.2, 0.25) is 0 Å². The molecule has 0 spiro atoms. The van der Waals surface area contributed by atoms with Gasteiger partial charge in [0.05, 0.1) is 0 Å². The van der Waals surface area contributed by atoms with Crippen LogP contribution >= 0.6 is 24.8 Å². The minimum atomic E-state index is 0. The van der Waals surface area contributed by atoms with Crippen LogP contribution in [0.25, 0.3) is 0 Å². The van der Waals surface area contributed by atoms with E-state index in [0.29, 0.717) is 24.4 Å². The molecule has 1 amide bonds. The summed E-state index contributed by atoms with van der Waals surface area (Å²) in [5.41, 5.74) is 7.22. The highest BCUT2D eigenvalue weighted by atomic mass is 35.5. The van der Waals surface area contributed by atoms with Gasteiger partial charge < -0.3 is 10.6 Å². The van der Waals surface area contributed by atoms with Gasteiger partial charge in [-0.25, -0.2) is 0 Å². The van der Waals surface area contributed by atoms with E-state index in [-0.39, 0.29) is 30.7 Å². The number of nitrogens with zero attached hydrogens (tertiary/aromatic N) is 2. The largest absolute Gasteiger partial charge is 0.341 e. The molecule has 3 atom stereocenters. The van der Waals surface area contributed by atoms with Crippen LogP contribution in [0.4, 0.5) is 0 Å². The van der Waals surface area contributed by atoms with Crippen LogP contribution in [0.1, 0.15) is 37.7 Å². The Morgan fingerprint density at radius 2 is 1.88 bits per heavy atom. The van der Waals surface area contributed by atoms with Gasteiger partial charge in [-0.3, -0.25) is 9.69 Å². The number of carbonyl (C=O) groups is 1. The lowest BCUT2D eigenvalue weighted by atomic mass is 9.93. The second-order valence-corrected chi connectivity index (χ2v) is 7.50. The fourth-order valence-corrected chi connectivity index (χ4v) is 4.42. The van der Waals surface area contributed by atoms with E-state index < -0.39 is 0 Å². The average molecular weight is 402 g/mol. The topological polar surface area (TPSA) is 49.6 Å². The predicted molar refractivity (Wildman–Crippen MR) is 112 cm³/mol. The summed E-state index contributed by atoms with van der Waals surface area (Å²) in [4.78, 5) is 17.5. The number of rotatable bonds is 5. The van der Waals surface area contributed by atoms with Crippen LogP contribution in [0.3, 0.4) is 0 Å². The molecule has 2 fully saturated rings. The normalized spacial score (nSPS) is 25.8. The monoisotopic (exact) mass is 401 g/mol. The molecule has 0 radical (unpaired) electrons. The molecule has 0 bridgehead atoms. The Labute approximate surface area is 170 Å². The van der Waals surface area contributed by atoms with Crippen LogP contribution in [-0.2, 0) is 11.3 Å². The number of likely N-dealkylation sites (tertiary alicyclic amines) is 1. The van der Waals surface area contributed by atoms with Crippen molar-refractivity contribution < 1.29 is 4.79 Å². The van der Waals surface area contributed by atoms with Crippen molar-refractivity contribution in [3.8, 4) is 0 Å². The summed E-state index contributed by atoms with van der Waals surface area (Å²) in [6.07, 6.45) is 5.57. The van der Waals surface area contributed by atoms with E-state index in [1.807, 2.05) is 11.9 Å². The van der Waals surface area contributed by atoms with Gasteiger partial charge in [0, 0.05) is 32.1 Å². The third kappa shape index (κ3) is 5.59. The fraction of sp³-hybridized carbons (Fsp3) is 0.650. The van der Waals surface area contributed by atoms with Crippen LogP contribution in [0, 0.1) is 11.8 Å². The quantitative estimate of drug-likeness (QED) is 0.822. The Kier molecular flexibility index (Phi) is 9.94. The van der Waals surface area contributed by atoms with Gasteiger partial charge in [-0.1, -0.05) is 36.8 Å². The van der Waals surface area contributed by atoms with E-state index in [4.69, 9.17) is 5.73 Å². The summed E-state index contributed by atoms with van der Waals surface area (Å²) in [5, 5.41) is 0. The van der Waals surface area contributed by atoms with Crippen molar-refractivity contribution >= 4 is 30.7 Å². The molecule has 2 aliphatic rings. The highest BCUT2D eigenvalue weighted by Gasteiger charge is 2.36. The summed E-state index contributed by atoms with van der Waals surface area (Å²) in [5.74, 6) is 0.878. The summed E-state index contributed by atoms with van der Waals surface area (Å²) in [7, 11) is 2.00. The summed E-state index contributed by atoms with van der Waals surface area (Å²) >= 11 is 0. The highest BCUT2D eigenvalue weighted by Crippen LogP contribution is 2.33. The molecule has 26 heavy (non-hydrogen) atoms. The molecule has 148 valence electrons. The fourth-order valence-electron chi connectivity index (χ4n) is 4.42. The van der Waals surface area contributed by atoms with Crippen LogP contribution in [0.5, 0.6) is 0 Å². The smallest absolute Gasteiger partial charge is 0.226 e. The van der Waals surface area contributed by atoms with Crippen LogP contribution < -0.4 is 5.73 Å². The second-order valence-electron chi connectivity index (χ2n) is 7.50. The average Bonchev–Trinajstić information content (AvgIpc) is 3.10. The molecule has 0 aromatic heterocycles. The first-order valence-corrected chi connectivity index (χ1v) is 9.42. The van der Waals surface area contributed by atoms with Crippen LogP contribution in [-0.4, -0.2) is 48.4 Å². The van der Waals surface area contributed by atoms with E-state index >= 15 is 0 Å². The number of benzene rings is 1. The zero-order valence-electron chi connectivity index (χ0n) is 15.7. The number of halogens is 2. The van der Waals surface area contributed by atoms with Gasteiger partial charge >= 0.3 is 0 Å². The number of likely N-dealkylation sites (N-methyl/N-ethyl adjacent to an activating group) is 1. The Hall–Kier alpha value is -0.810. The van der Waals surface area contributed by atoms with Gasteiger partial charge in [0.2, 0.25) is 5.91 Å². The molecule has 1 aromatic rings. The molecule has 3 rings (SSSR count). The lowest BCUT2D eigenvalue weighted by Gasteiger charge is -2.39. The number of carbonyl (C=O) groups excluding carboxylic acids is 1. The van der Waals surface area contributed by atoms with Gasteiger partial charge in [-0.2, -0.15) is 0 Å². The molecular weight excluding hydrogens is 369 g/mol. The Morgan fingerprint density at radius 1 is 1.15 bits per heavy atom. The van der Waals surface area contributed by atoms with Gasteiger partial charge in [0.1, 0.15) is 0 Å². The first-order chi connectivity index (χ1) is 11.7. The van der Waals surface area contributed by atoms with E-state index in [1.54, 1.807) is 0 Å². The molecule has 1 aliphatic heterocycles. The Bertz CT molecular complexity index is 543. The third-order valence-electron chi connectivity index (χ3n) is 5.90. The van der Waals surface area contributed by atoms with Crippen molar-refractivity contribution in [2.45, 2.75) is 44.7 Å². The number of hydrogen-bond acceptors (Lipinski definition) is 3. The van der Waals surface area contributed by atoms with Gasteiger partial charge in [-0.05, 0) is 50.3 Å². The molecule has 1 saturated heterocycles. The molecule has 1 aliphatic carbocycles. The van der Waals surface area contributed by atoms with Crippen molar-refractivity contribution in [2.24, 2.45) is 17.6 Å². The van der Waals surface area contributed by atoms with Crippen LogP contribution in [0.15, 0.2) is 30.3 Å². The molecule has 4 nitrogen and oxygen atoms in total. The van der Waals surface area contributed by atoms with Crippen molar-refractivity contribution in [2.75, 3.05) is 26.7 Å². The minimum absolute atomic E-state index is 0. The first-order valence-electron chi connectivity index (χ1n) is 9.42. The zero-order valence-corrected chi connectivity index (χ0v) is 17.3. The van der Waals surface area contributed by atoms with E-state index in [1.165, 1.54) is 12.0 Å². The maximum atomic E-state index is 12.9. The first kappa shape index (κ1) is 23.2. The van der Waals surface area contributed by atoms with E-state index in [9.17, 15) is 4.79 Å². The van der Waals surface area contributed by atoms with E-state index in [0.717, 1.165) is 45.3 Å². The standard InChI is InChI=1S/C20H31N3O.2ClH/c1-22(20(24)19-11-5-9-17(19)13-21)18-10-6-12-23(15-18)14-16-7-3-2-4-8-16;;/h2-4,7-8,17-19H,5-6,9-15,21H2,1H3;2*1H/t17-,18?,19-;;/m1../s1. The number of piperidine rings is 1. The number of amides is 1. The van der Waals surface area contributed by atoms with Crippen molar-refractivity contribution in [1.82, 2.24) is 9.80 Å². The molecule has 1 heterocycles. The number of nitrogens with two attached hydrogens (primary N) is 1. The van der Waals surface area contributed by atoms with Crippen molar-refractivity contribution in [1.29, 1.82) is 0 Å². The summed E-state index contributed by atoms with van der Waals surface area (Å²) in [6.45, 7) is 3.74. The molecule has 2 N–H and O–H groups in total. The Balaban J connectivity index is 0.00000169. The van der Waals surface area contributed by atoms with Crippen molar-refractivity contribution in [3.63, 3.8) is 0 Å². The SMILES string of the molecule is CN(C(=O)[C@@H]1CCC[C@@H]1CN)C1CCCN(Cc2ccccc2)C1.Cl.Cl. The van der Waals surface area contributed by atoms with Gasteiger partial charge in [0.15, 0.2) is 0 Å². The van der Waals surface area contributed by atoms with Crippen molar-refractivity contribution in [3.05, 3.63) is 35.9 Å². The maximum absolute atomic E-state index is 12.9. The molecular formula is C20H33Cl2N3O. The van der Waals surface area contributed by atoms with Gasteiger partial charge in [0.25, 0.3) is 0 Å². The maximum Gasteiger partial charge on any atom is 0.226 e. The summed E-state index contributed by atoms with van der Waals surface area (Å²) < 4.78 is 0. The molecule has 6 heteroatoms. The Morgan fingerprint density at radius 3 is 2.58 bits per heavy atom. The lowest BCUT2D eigenvalue weighted by molar-refractivity contribution is -0.138. The minimum Gasteiger partial charge on any atom is -0.341 e. The molecule has 1 unspecified atom stereocenters. The third-order valence-corrected chi connectivity index (χ3v) is 5.90. The highest BCUT2D eigenvalue weighted by molar-refractivity contribution is 5.85. The number of hydrogen-bond donors (Lipinski definition) is 1. The van der Waals surface area contributed by atoms with E-state index in [2.05, 4.69) is 35.2 Å². The van der Waals surface area contributed by atoms with Gasteiger partial charge in [-0.15, -0.1) is 24.8 Å².